The number of carbonyl (C=O) groups excluding carboxylic acids is 1. The first-order valence-corrected chi connectivity index (χ1v) is 14.9. The van der Waals surface area contributed by atoms with Crippen LogP contribution in [0.3, 0.4) is 0 Å². The van der Waals surface area contributed by atoms with Crippen LogP contribution in [-0.4, -0.2) is 34.4 Å². The van der Waals surface area contributed by atoms with Crippen molar-refractivity contribution in [2.75, 3.05) is 6.54 Å². The van der Waals surface area contributed by atoms with Crippen molar-refractivity contribution in [2.24, 2.45) is 10.2 Å². The lowest BCUT2D eigenvalue weighted by Crippen LogP contribution is -2.32. The number of aromatic nitrogens is 1. The van der Waals surface area contributed by atoms with Crippen molar-refractivity contribution in [3.05, 3.63) is 139 Å². The van der Waals surface area contributed by atoms with Crippen LogP contribution in [0.5, 0.6) is 0 Å². The second kappa shape index (κ2) is 12.3. The largest absolute Gasteiger partial charge is 0.321 e. The van der Waals surface area contributed by atoms with Gasteiger partial charge in [0.1, 0.15) is 6.54 Å². The van der Waals surface area contributed by atoms with E-state index >= 15 is 0 Å². The normalized spacial score (nSPS) is 14.9. The van der Waals surface area contributed by atoms with E-state index < -0.39 is 0 Å². The summed E-state index contributed by atoms with van der Waals surface area (Å²) in [5, 5.41) is 11.7. The van der Waals surface area contributed by atoms with E-state index in [1.165, 1.54) is 0 Å². The van der Waals surface area contributed by atoms with E-state index in [1.54, 1.807) is 11.2 Å². The number of benzene rings is 4. The number of pyridine rings is 1. The third-order valence-corrected chi connectivity index (χ3v) is 8.11. The Bertz CT molecular complexity index is 1870. The number of H-pyrrole nitrogens is 1. The van der Waals surface area contributed by atoms with Gasteiger partial charge in [-0.15, -0.1) is 0 Å². The second-order valence-electron chi connectivity index (χ2n) is 9.88. The number of hydrazone groups is 2. The van der Waals surface area contributed by atoms with Crippen molar-refractivity contribution >= 4 is 60.6 Å². The maximum Gasteiger partial charge on any atom is 0.261 e. The Morgan fingerprint density at radius 2 is 1.62 bits per heavy atom. The van der Waals surface area contributed by atoms with Crippen LogP contribution in [-0.2, 0) is 4.79 Å². The summed E-state index contributed by atoms with van der Waals surface area (Å²) in [6, 6.07) is 32.9. The van der Waals surface area contributed by atoms with Gasteiger partial charge in [-0.1, -0.05) is 105 Å². The highest BCUT2D eigenvalue weighted by molar-refractivity contribution is 9.10. The van der Waals surface area contributed by atoms with Gasteiger partial charge in [0.05, 0.1) is 23.5 Å². The number of nitrogens with one attached hydrogen (secondary N) is 2. The van der Waals surface area contributed by atoms with Crippen LogP contribution >= 0.6 is 31.9 Å². The molecule has 1 aliphatic heterocycles. The first-order valence-electron chi connectivity index (χ1n) is 13.3. The van der Waals surface area contributed by atoms with Crippen molar-refractivity contribution in [1.82, 2.24) is 15.4 Å². The lowest BCUT2D eigenvalue weighted by atomic mass is 9.91. The van der Waals surface area contributed by atoms with E-state index in [0.29, 0.717) is 17.7 Å². The highest BCUT2D eigenvalue weighted by Crippen LogP contribution is 2.37. The average molecular weight is 683 g/mol. The summed E-state index contributed by atoms with van der Waals surface area (Å²) in [5.41, 5.74) is 7.85. The lowest BCUT2D eigenvalue weighted by molar-refractivity contribution is -0.122. The Balaban J connectivity index is 1.38. The van der Waals surface area contributed by atoms with Crippen LogP contribution in [0.2, 0.25) is 0 Å². The number of fused-ring (bicyclic) bond motifs is 1. The maximum atomic E-state index is 13.7. The molecule has 1 atom stereocenters. The van der Waals surface area contributed by atoms with Gasteiger partial charge in [-0.3, -0.25) is 14.6 Å². The molecule has 1 aromatic heterocycles. The van der Waals surface area contributed by atoms with Crippen LogP contribution in [0, 0.1) is 0 Å². The van der Waals surface area contributed by atoms with Gasteiger partial charge in [0.2, 0.25) is 0 Å². The minimum atomic E-state index is -0.311. The van der Waals surface area contributed by atoms with Gasteiger partial charge in [-0.05, 0) is 47.0 Å². The Labute approximate surface area is 259 Å². The van der Waals surface area contributed by atoms with Crippen molar-refractivity contribution in [3.8, 4) is 11.1 Å². The van der Waals surface area contributed by atoms with Crippen LogP contribution in [0.15, 0.2) is 127 Å². The molecule has 9 heteroatoms. The summed E-state index contributed by atoms with van der Waals surface area (Å²) < 4.78 is 1.87. The second-order valence-corrected chi connectivity index (χ2v) is 11.7. The van der Waals surface area contributed by atoms with Crippen molar-refractivity contribution in [3.63, 3.8) is 0 Å². The topological polar surface area (TPSA) is 89.9 Å². The molecule has 208 valence electrons. The molecule has 7 nitrogen and oxygen atoms in total. The first-order chi connectivity index (χ1) is 20.5. The van der Waals surface area contributed by atoms with Crippen LogP contribution < -0.4 is 11.0 Å². The Morgan fingerprint density at radius 3 is 2.36 bits per heavy atom. The van der Waals surface area contributed by atoms with E-state index in [1.807, 2.05) is 103 Å². The number of rotatable bonds is 7. The smallest absolute Gasteiger partial charge is 0.261 e. The number of amides is 1. The fourth-order valence-corrected chi connectivity index (χ4v) is 5.80. The standard InChI is InChI=1S/C33H25Br2N5O2/c34-24-13-11-21(12-14-24)19-36-38-30(41)20-40-29(22-7-3-1-4-8-22)18-28(39-40)32-31(23-9-5-2-6-10-23)26-17-25(35)15-16-27(26)37-33(32)42/h1-17,19,29H,18,20H2,(H,37,42)(H,38,41). The van der Waals surface area contributed by atoms with Gasteiger partial charge >= 0.3 is 0 Å². The Kier molecular flexibility index (Phi) is 8.12. The molecular weight excluding hydrogens is 658 g/mol. The van der Waals surface area contributed by atoms with Crippen molar-refractivity contribution in [1.29, 1.82) is 0 Å². The minimum Gasteiger partial charge on any atom is -0.321 e. The Hall–Kier alpha value is -4.34. The number of carbonyl (C=O) groups is 1. The highest BCUT2D eigenvalue weighted by Gasteiger charge is 2.33. The number of aromatic amines is 1. The summed E-state index contributed by atoms with van der Waals surface area (Å²) in [4.78, 5) is 29.8. The fourth-order valence-electron chi connectivity index (χ4n) is 5.17. The molecule has 0 saturated heterocycles. The molecule has 1 unspecified atom stereocenters. The quantitative estimate of drug-likeness (QED) is 0.143. The summed E-state index contributed by atoms with van der Waals surface area (Å²) in [7, 11) is 0. The van der Waals surface area contributed by atoms with E-state index in [9.17, 15) is 9.59 Å². The third kappa shape index (κ3) is 5.98. The molecule has 0 spiro atoms. The zero-order valence-electron chi connectivity index (χ0n) is 22.3. The number of nitrogens with zero attached hydrogens (tertiary/aromatic N) is 3. The first kappa shape index (κ1) is 27.8. The third-order valence-electron chi connectivity index (χ3n) is 7.09. The summed E-state index contributed by atoms with van der Waals surface area (Å²) in [5.74, 6) is -0.311. The van der Waals surface area contributed by atoms with Gasteiger partial charge in [-0.25, -0.2) is 5.43 Å². The minimum absolute atomic E-state index is 0.0293. The van der Waals surface area contributed by atoms with Gasteiger partial charge in [0, 0.05) is 31.8 Å². The predicted octanol–water partition coefficient (Wildman–Crippen LogP) is 7.02. The van der Waals surface area contributed by atoms with Crippen LogP contribution in [0.4, 0.5) is 0 Å². The molecule has 0 radical (unpaired) electrons. The molecule has 2 heterocycles. The monoisotopic (exact) mass is 681 g/mol. The van der Waals surface area contributed by atoms with E-state index in [2.05, 4.69) is 47.4 Å². The molecule has 42 heavy (non-hydrogen) atoms. The molecule has 1 aliphatic rings. The summed E-state index contributed by atoms with van der Waals surface area (Å²) >= 11 is 7.01. The van der Waals surface area contributed by atoms with E-state index in [4.69, 9.17) is 5.10 Å². The Morgan fingerprint density at radius 1 is 0.929 bits per heavy atom. The molecule has 0 fully saturated rings. The maximum absolute atomic E-state index is 13.7. The number of halogens is 2. The van der Waals surface area contributed by atoms with Gasteiger partial charge in [0.25, 0.3) is 11.5 Å². The SMILES string of the molecule is O=C(CN1N=C(c2c(-c3ccccc3)c3cc(Br)ccc3[nH]c2=O)CC1c1ccccc1)NN=Cc1ccc(Br)cc1. The molecular formula is C33H25Br2N5O2. The molecule has 0 bridgehead atoms. The molecule has 2 N–H and O–H groups in total. The van der Waals surface area contributed by atoms with Crippen molar-refractivity contribution < 1.29 is 4.79 Å². The predicted molar refractivity (Wildman–Crippen MR) is 175 cm³/mol. The fraction of sp³-hybridized carbons (Fsp3) is 0.0909. The zero-order valence-corrected chi connectivity index (χ0v) is 25.5. The van der Waals surface area contributed by atoms with E-state index in [0.717, 1.165) is 42.1 Å². The molecule has 0 saturated carbocycles. The molecule has 5 aromatic rings. The van der Waals surface area contributed by atoms with Crippen LogP contribution in [0.25, 0.3) is 22.0 Å². The van der Waals surface area contributed by atoms with Gasteiger partial charge < -0.3 is 4.98 Å². The summed E-state index contributed by atoms with van der Waals surface area (Å²) in [6.07, 6.45) is 2.05. The van der Waals surface area contributed by atoms with Gasteiger partial charge in [0.15, 0.2) is 0 Å². The molecule has 0 aliphatic carbocycles. The van der Waals surface area contributed by atoms with Crippen LogP contribution in [0.1, 0.15) is 29.2 Å². The average Bonchev–Trinajstić information content (AvgIpc) is 3.41. The molecule has 1 amide bonds. The molecule has 6 rings (SSSR count). The zero-order chi connectivity index (χ0) is 29.1. The number of hydrogen-bond donors (Lipinski definition) is 2. The highest BCUT2D eigenvalue weighted by atomic mass is 79.9. The summed E-state index contributed by atoms with van der Waals surface area (Å²) in [6.45, 7) is -0.0293. The van der Waals surface area contributed by atoms with E-state index in [-0.39, 0.29) is 24.1 Å². The van der Waals surface area contributed by atoms with Crippen molar-refractivity contribution in [2.45, 2.75) is 12.5 Å². The number of hydrogen-bond acceptors (Lipinski definition) is 5. The van der Waals surface area contributed by atoms with Gasteiger partial charge in [-0.2, -0.15) is 10.2 Å². The lowest BCUT2D eigenvalue weighted by Gasteiger charge is -2.22. The molecule has 4 aromatic carbocycles.